The molecule has 46 heavy (non-hydrogen) atoms. The molecule has 16 heteroatoms. The molecule has 232 valence electrons. The molecule has 0 unspecified atom stereocenters. The molecule has 0 aromatic heterocycles. The molecule has 3 aromatic rings. The highest BCUT2D eigenvalue weighted by Gasteiger charge is 2.53. The Labute approximate surface area is 257 Å². The fourth-order valence-corrected chi connectivity index (χ4v) is 8.12. The first-order chi connectivity index (χ1) is 21.3. The first-order valence-corrected chi connectivity index (χ1v) is 15.7. The normalized spacial score (nSPS) is 14.9. The van der Waals surface area contributed by atoms with Gasteiger partial charge in [-0.05, 0) is 88.9 Å². The van der Waals surface area contributed by atoms with Gasteiger partial charge in [0.25, 0.3) is 31.1 Å². The molecule has 0 aliphatic heterocycles. The van der Waals surface area contributed by atoms with Gasteiger partial charge in [-0.25, -0.2) is 37.0 Å². The Balaban J connectivity index is 2.21. The van der Waals surface area contributed by atoms with Crippen LogP contribution in [0.25, 0.3) is 43.3 Å². The zero-order valence-electron chi connectivity index (χ0n) is 23.2. The van der Waals surface area contributed by atoms with Crippen LogP contribution in [0, 0.1) is 49.7 Å². The van der Waals surface area contributed by atoms with Crippen LogP contribution in [0.1, 0.15) is 33.4 Å². The number of hydrogen-bond acceptors (Lipinski definition) is 6. The van der Waals surface area contributed by atoms with Gasteiger partial charge in [-0.2, -0.15) is 26.3 Å². The molecule has 2 aliphatic rings. The van der Waals surface area contributed by atoms with Gasteiger partial charge in [0, 0.05) is 16.0 Å². The van der Waals surface area contributed by atoms with Crippen molar-refractivity contribution >= 4 is 31.1 Å². The third-order valence-electron chi connectivity index (χ3n) is 8.00. The first-order valence-electron chi connectivity index (χ1n) is 12.7. The van der Waals surface area contributed by atoms with Crippen molar-refractivity contribution in [1.82, 2.24) is 0 Å². The Morgan fingerprint density at radius 1 is 0.652 bits per heavy atom. The fraction of sp³-hybridized carbons (Fsp3) is 0.200. The summed E-state index contributed by atoms with van der Waals surface area (Å²) in [6.07, 6.45) is -1.10. The molecule has 0 N–H and O–H groups in total. The number of hydrogen-bond donors (Lipinski definition) is 0. The Kier molecular flexibility index (Phi) is 7.13. The number of fused-ring (bicyclic) bond motifs is 6. The quantitative estimate of drug-likeness (QED) is 0.189. The van der Waals surface area contributed by atoms with Crippen molar-refractivity contribution in [2.75, 3.05) is 0 Å². The molecule has 3 aromatic carbocycles. The maximum Gasteiger partial charge on any atom is 0.501 e. The minimum atomic E-state index is -6.40. The van der Waals surface area contributed by atoms with Gasteiger partial charge in [-0.3, -0.25) is 0 Å². The van der Waals surface area contributed by atoms with E-state index >= 15 is 0 Å². The van der Waals surface area contributed by atoms with Gasteiger partial charge in [0.2, 0.25) is 0 Å². The number of aryl methyl sites for hydroxylation is 2. The largest absolute Gasteiger partial charge is 0.501 e. The second-order valence-electron chi connectivity index (χ2n) is 10.3. The van der Waals surface area contributed by atoms with Gasteiger partial charge in [-0.15, -0.1) is 0 Å². The molecule has 0 atom stereocenters. The molecule has 2 aliphatic carbocycles. The highest BCUT2D eigenvalue weighted by atomic mass is 32.2. The number of benzene rings is 3. The SMILES string of the molecule is [C-]#[N+]/C(C#N)=c1/c2c(/c(=C(\C#N)[N+]#[C-])c3c1-c1c(C)ccc(C)c1C3)-c1c(S(=O)(=O)C(F)(F)F)ccc(S(=O)(=O)C(F)(F)F)c1C2. The molecule has 0 fully saturated rings. The smallest absolute Gasteiger partial charge is 0.226 e. The van der Waals surface area contributed by atoms with Gasteiger partial charge < -0.3 is 0 Å². The summed E-state index contributed by atoms with van der Waals surface area (Å²) in [5, 5.41) is 19.3. The number of halogens is 6. The average molecular weight is 673 g/mol. The number of rotatable bonds is 2. The van der Waals surface area contributed by atoms with E-state index in [0.29, 0.717) is 22.3 Å². The molecule has 0 saturated carbocycles. The molecule has 5 rings (SSSR count). The lowest BCUT2D eigenvalue weighted by molar-refractivity contribution is -0.0443. The van der Waals surface area contributed by atoms with Crippen LogP contribution in [-0.4, -0.2) is 27.9 Å². The van der Waals surface area contributed by atoms with Crippen LogP contribution in [-0.2, 0) is 32.5 Å². The van der Waals surface area contributed by atoms with Crippen LogP contribution in [0.5, 0.6) is 0 Å². The molecular formula is C30H14F6N4O4S2. The predicted octanol–water partition coefficient (Wildman–Crippen LogP) is 5.13. The second kappa shape index (κ2) is 10.2. The standard InChI is InChI=1S/C30H14F6N4O4S2/c1-13-5-6-14(2)23-15(13)9-17-25(20(12-38)40-4)28-18(24(27(17)23)19(11-37)39-3)10-16-21(45(41,42)29(31,32)33)7-8-22(26(16)28)46(43,44)30(34,35)36/h5-8H,9-10H2,1-2H3/b24-19-,25-20+. The number of nitrogens with zero attached hydrogens (tertiary/aromatic N) is 4. The second-order valence-corrected chi connectivity index (χ2v) is 14.1. The van der Waals surface area contributed by atoms with Crippen LogP contribution < -0.4 is 10.4 Å². The summed E-state index contributed by atoms with van der Waals surface area (Å²) in [6, 6.07) is 6.89. The number of alkyl halides is 6. The average Bonchev–Trinajstić information content (AvgIpc) is 3.56. The monoisotopic (exact) mass is 672 g/mol. The third-order valence-corrected chi connectivity index (χ3v) is 11.1. The molecule has 0 saturated heterocycles. The van der Waals surface area contributed by atoms with Crippen molar-refractivity contribution < 1.29 is 43.2 Å². The Morgan fingerprint density at radius 2 is 1.07 bits per heavy atom. The molecule has 8 nitrogen and oxygen atoms in total. The van der Waals surface area contributed by atoms with E-state index in [1.807, 2.05) is 0 Å². The lowest BCUT2D eigenvalue weighted by Gasteiger charge is -2.18. The maximum absolute atomic E-state index is 14.0. The van der Waals surface area contributed by atoms with Crippen LogP contribution >= 0.6 is 0 Å². The van der Waals surface area contributed by atoms with E-state index in [9.17, 15) is 53.7 Å². The summed E-state index contributed by atoms with van der Waals surface area (Å²) in [4.78, 5) is 3.24. The van der Waals surface area contributed by atoms with E-state index in [-0.39, 0.29) is 40.5 Å². The van der Waals surface area contributed by atoms with Gasteiger partial charge >= 0.3 is 11.0 Å². The molecule has 0 amide bonds. The topological polar surface area (TPSA) is 125 Å². The minimum Gasteiger partial charge on any atom is -0.226 e. The summed E-state index contributed by atoms with van der Waals surface area (Å²) in [5.41, 5.74) is -14.1. The Morgan fingerprint density at radius 3 is 1.52 bits per heavy atom. The zero-order valence-corrected chi connectivity index (χ0v) is 24.9. The maximum atomic E-state index is 14.0. The summed E-state index contributed by atoms with van der Waals surface area (Å²) in [5.74, 6) is 0. The van der Waals surface area contributed by atoms with E-state index in [2.05, 4.69) is 9.69 Å². The summed E-state index contributed by atoms with van der Waals surface area (Å²) in [7, 11) is -12.7. The highest BCUT2D eigenvalue weighted by molar-refractivity contribution is 7.93. The number of sulfone groups is 2. The van der Waals surface area contributed by atoms with E-state index in [0.717, 1.165) is 0 Å². The number of nitriles is 2. The van der Waals surface area contributed by atoms with Crippen LogP contribution in [0.15, 0.2) is 34.1 Å². The molecule has 0 heterocycles. The lowest BCUT2D eigenvalue weighted by Crippen LogP contribution is -2.28. The summed E-state index contributed by atoms with van der Waals surface area (Å²) < 4.78 is 135. The summed E-state index contributed by atoms with van der Waals surface area (Å²) >= 11 is 0. The first kappa shape index (κ1) is 32.2. The van der Waals surface area contributed by atoms with Crippen LogP contribution in [0.4, 0.5) is 26.3 Å². The van der Waals surface area contributed by atoms with E-state index in [1.165, 1.54) is 0 Å². The van der Waals surface area contributed by atoms with Gasteiger partial charge in [0.15, 0.2) is 0 Å². The molecule has 0 radical (unpaired) electrons. The molecular weight excluding hydrogens is 658 g/mol. The van der Waals surface area contributed by atoms with Crippen LogP contribution in [0.2, 0.25) is 0 Å². The van der Waals surface area contributed by atoms with Crippen molar-refractivity contribution in [3.63, 3.8) is 0 Å². The van der Waals surface area contributed by atoms with Crippen LogP contribution in [0.3, 0.4) is 0 Å². The van der Waals surface area contributed by atoms with E-state index in [4.69, 9.17) is 13.1 Å². The molecule has 0 bridgehead atoms. The van der Waals surface area contributed by atoms with Crippen molar-refractivity contribution in [1.29, 1.82) is 10.5 Å². The van der Waals surface area contributed by atoms with E-state index in [1.54, 1.807) is 38.1 Å². The lowest BCUT2D eigenvalue weighted by atomic mass is 9.89. The highest BCUT2D eigenvalue weighted by Crippen LogP contribution is 2.49. The van der Waals surface area contributed by atoms with Gasteiger partial charge in [-0.1, -0.05) is 12.1 Å². The van der Waals surface area contributed by atoms with Gasteiger partial charge in [0.1, 0.15) is 0 Å². The summed E-state index contributed by atoms with van der Waals surface area (Å²) in [6.45, 7) is 18.7. The van der Waals surface area contributed by atoms with Crippen molar-refractivity contribution in [3.8, 4) is 34.4 Å². The Bertz CT molecular complexity index is 2460. The van der Waals surface area contributed by atoms with Gasteiger partial charge in [0.05, 0.1) is 35.1 Å². The van der Waals surface area contributed by atoms with Crippen molar-refractivity contribution in [2.24, 2.45) is 0 Å². The van der Waals surface area contributed by atoms with Crippen molar-refractivity contribution in [3.05, 3.63) is 90.9 Å². The molecule has 0 spiro atoms. The zero-order chi connectivity index (χ0) is 34.3. The predicted molar refractivity (Wildman–Crippen MR) is 149 cm³/mol. The van der Waals surface area contributed by atoms with Crippen molar-refractivity contribution in [2.45, 2.75) is 47.5 Å². The minimum absolute atomic E-state index is 0.0392. The third kappa shape index (κ3) is 4.22. The fourth-order valence-electron chi connectivity index (χ4n) is 6.14. The Hall–Kier alpha value is -5.16. The van der Waals surface area contributed by atoms with E-state index < -0.39 is 80.2 Å².